The van der Waals surface area contributed by atoms with Crippen molar-refractivity contribution in [1.82, 2.24) is 0 Å². The molecule has 0 radical (unpaired) electrons. The Hall–Kier alpha value is -1.55. The Morgan fingerprint density at radius 1 is 1.00 bits per heavy atom. The molecular weight excluding hydrogens is 297 g/mol. The Morgan fingerprint density at radius 3 is 2.16 bits per heavy atom. The van der Waals surface area contributed by atoms with E-state index >= 15 is 0 Å². The number of nitriles is 1. The van der Waals surface area contributed by atoms with E-state index in [9.17, 15) is 0 Å². The molecule has 0 fully saturated rings. The Labute approximate surface area is 121 Å². The Kier molecular flexibility index (Phi) is 4.80. The van der Waals surface area contributed by atoms with Crippen LogP contribution in [0.25, 0.3) is 0 Å². The average Bonchev–Trinajstić information content (AvgIpc) is 2.48. The zero-order chi connectivity index (χ0) is 13.6. The van der Waals surface area contributed by atoms with E-state index in [0.29, 0.717) is 21.4 Å². The molecule has 0 aliphatic heterocycles. The minimum atomic E-state index is -0.0359. The third-order valence-electron chi connectivity index (χ3n) is 3.24. The molecule has 2 heteroatoms. The van der Waals surface area contributed by atoms with Crippen molar-refractivity contribution in [2.75, 3.05) is 0 Å². The fraction of sp³-hybridized carbons (Fsp3) is 0.235. The second-order valence-electron chi connectivity index (χ2n) is 4.86. The summed E-state index contributed by atoms with van der Waals surface area (Å²) in [7, 11) is 0. The summed E-state index contributed by atoms with van der Waals surface area (Å²) in [5.74, 6) is 0. The number of hydrogen-bond donors (Lipinski definition) is 0. The van der Waals surface area contributed by atoms with Gasteiger partial charge in [-0.25, -0.2) is 0 Å². The van der Waals surface area contributed by atoms with Crippen LogP contribution in [0.3, 0.4) is 0 Å². The first-order chi connectivity index (χ1) is 9.24. The standard InChI is InChI=1S/C17H17NSe/c1-17(12-13-18,15-8-4-2-5-9-15)14-19-16-10-6-3-7-11-16/h2-11H,12,14H2,1H3. The molecule has 2 aromatic carbocycles. The SMILES string of the molecule is CC(CC#N)(C[Se]c1ccccc1)c1ccccc1. The van der Waals surface area contributed by atoms with Crippen LogP contribution in [0.1, 0.15) is 18.9 Å². The predicted octanol–water partition coefficient (Wildman–Crippen LogP) is 3.31. The van der Waals surface area contributed by atoms with Gasteiger partial charge < -0.3 is 0 Å². The monoisotopic (exact) mass is 315 g/mol. The quantitative estimate of drug-likeness (QED) is 0.777. The van der Waals surface area contributed by atoms with Crippen molar-refractivity contribution in [2.24, 2.45) is 0 Å². The number of nitrogens with zero attached hydrogens (tertiary/aromatic N) is 1. The van der Waals surface area contributed by atoms with Gasteiger partial charge in [0.2, 0.25) is 0 Å². The predicted molar refractivity (Wildman–Crippen MR) is 80.7 cm³/mol. The summed E-state index contributed by atoms with van der Waals surface area (Å²) in [4.78, 5) is 0. The van der Waals surface area contributed by atoms with Crippen molar-refractivity contribution in [2.45, 2.75) is 24.1 Å². The van der Waals surface area contributed by atoms with Gasteiger partial charge in [-0.15, -0.1) is 0 Å². The minimum absolute atomic E-state index is 0.0359. The molecule has 96 valence electrons. The van der Waals surface area contributed by atoms with Crippen LogP contribution in [-0.4, -0.2) is 15.0 Å². The van der Waals surface area contributed by atoms with Crippen molar-refractivity contribution in [1.29, 1.82) is 5.26 Å². The molecule has 0 spiro atoms. The number of rotatable bonds is 5. The Balaban J connectivity index is 2.15. The molecule has 1 nitrogen and oxygen atoms in total. The maximum absolute atomic E-state index is 9.12. The molecule has 0 heterocycles. The van der Waals surface area contributed by atoms with Gasteiger partial charge in [0.15, 0.2) is 0 Å². The molecule has 0 bridgehead atoms. The van der Waals surface area contributed by atoms with Crippen molar-refractivity contribution < 1.29 is 0 Å². The molecule has 1 unspecified atom stereocenters. The summed E-state index contributed by atoms with van der Waals surface area (Å²) in [5.41, 5.74) is 1.24. The van der Waals surface area contributed by atoms with Gasteiger partial charge in [0.05, 0.1) is 0 Å². The topological polar surface area (TPSA) is 23.8 Å². The molecule has 0 aliphatic rings. The molecule has 0 amide bonds. The van der Waals surface area contributed by atoms with Gasteiger partial charge >= 0.3 is 121 Å². The maximum atomic E-state index is 9.12. The molecule has 0 saturated heterocycles. The molecule has 0 N–H and O–H groups in total. The Morgan fingerprint density at radius 2 is 1.58 bits per heavy atom. The van der Waals surface area contributed by atoms with Gasteiger partial charge in [-0.3, -0.25) is 0 Å². The van der Waals surface area contributed by atoms with Crippen LogP contribution >= 0.6 is 0 Å². The summed E-state index contributed by atoms with van der Waals surface area (Å²) in [6.45, 7) is 2.20. The van der Waals surface area contributed by atoms with E-state index in [4.69, 9.17) is 5.26 Å². The summed E-state index contributed by atoms with van der Waals surface area (Å²) in [6.07, 6.45) is 0.575. The van der Waals surface area contributed by atoms with Crippen LogP contribution in [0.4, 0.5) is 0 Å². The van der Waals surface area contributed by atoms with Crippen LogP contribution in [0, 0.1) is 11.3 Å². The molecule has 0 saturated carbocycles. The molecule has 2 rings (SSSR count). The summed E-state index contributed by atoms with van der Waals surface area (Å²) in [5, 5.41) is 10.2. The summed E-state index contributed by atoms with van der Waals surface area (Å²) in [6, 6.07) is 23.3. The van der Waals surface area contributed by atoms with E-state index < -0.39 is 0 Å². The fourth-order valence-corrected chi connectivity index (χ4v) is 4.33. The van der Waals surface area contributed by atoms with Gasteiger partial charge in [-0.05, 0) is 0 Å². The van der Waals surface area contributed by atoms with Crippen molar-refractivity contribution in [3.8, 4) is 6.07 Å². The molecule has 2 aromatic rings. The second kappa shape index (κ2) is 6.57. The number of benzene rings is 2. The normalized spacial score (nSPS) is 13.5. The van der Waals surface area contributed by atoms with E-state index in [2.05, 4.69) is 61.5 Å². The molecular formula is C17H17NSe. The zero-order valence-electron chi connectivity index (χ0n) is 11.0. The van der Waals surface area contributed by atoms with Gasteiger partial charge in [0.1, 0.15) is 0 Å². The average molecular weight is 314 g/mol. The van der Waals surface area contributed by atoms with E-state index in [0.717, 1.165) is 5.32 Å². The van der Waals surface area contributed by atoms with Crippen LogP contribution < -0.4 is 4.46 Å². The van der Waals surface area contributed by atoms with Gasteiger partial charge in [0, 0.05) is 0 Å². The van der Waals surface area contributed by atoms with Crippen molar-refractivity contribution in [3.05, 3.63) is 66.2 Å². The molecule has 1 atom stereocenters. The van der Waals surface area contributed by atoms with Gasteiger partial charge in [-0.2, -0.15) is 0 Å². The van der Waals surface area contributed by atoms with E-state index in [1.165, 1.54) is 10.0 Å². The van der Waals surface area contributed by atoms with E-state index in [1.54, 1.807) is 0 Å². The molecule has 0 aromatic heterocycles. The van der Waals surface area contributed by atoms with Crippen LogP contribution in [0.5, 0.6) is 0 Å². The first kappa shape index (κ1) is 13.9. The number of hydrogen-bond acceptors (Lipinski definition) is 1. The van der Waals surface area contributed by atoms with Gasteiger partial charge in [0.25, 0.3) is 0 Å². The first-order valence-corrected chi connectivity index (χ1v) is 8.42. The third-order valence-corrected chi connectivity index (χ3v) is 6.15. The van der Waals surface area contributed by atoms with Crippen LogP contribution in [0.15, 0.2) is 60.7 Å². The first-order valence-electron chi connectivity index (χ1n) is 6.35. The molecule has 0 aliphatic carbocycles. The zero-order valence-corrected chi connectivity index (χ0v) is 12.8. The summed E-state index contributed by atoms with van der Waals surface area (Å²) >= 11 is 0.405. The van der Waals surface area contributed by atoms with Crippen LogP contribution in [0.2, 0.25) is 5.32 Å². The third kappa shape index (κ3) is 3.70. The second-order valence-corrected chi connectivity index (χ2v) is 7.06. The van der Waals surface area contributed by atoms with Gasteiger partial charge in [-0.1, -0.05) is 0 Å². The van der Waals surface area contributed by atoms with Crippen molar-refractivity contribution in [3.63, 3.8) is 0 Å². The van der Waals surface area contributed by atoms with Crippen molar-refractivity contribution >= 4 is 19.4 Å². The van der Waals surface area contributed by atoms with Crippen LogP contribution in [-0.2, 0) is 5.41 Å². The molecule has 19 heavy (non-hydrogen) atoms. The van der Waals surface area contributed by atoms with E-state index in [1.807, 2.05) is 12.1 Å². The fourth-order valence-electron chi connectivity index (χ4n) is 2.01. The Bertz CT molecular complexity index is 544. The summed E-state index contributed by atoms with van der Waals surface area (Å²) < 4.78 is 1.40. The van der Waals surface area contributed by atoms with E-state index in [-0.39, 0.29) is 5.41 Å².